The zero-order chi connectivity index (χ0) is 81.1. The number of phenolic OH excluding ortho intramolecular Hbond substituents is 7. The largest absolute Gasteiger partial charge is 1.00 e. The average Bonchev–Trinajstić information content (AvgIpc) is 0.787. The number of phenols is 7. The number of carbonyl (C=O) groups excluding carboxylic acids is 6. The molecule has 111 heavy (non-hydrogen) atoms. The van der Waals surface area contributed by atoms with E-state index in [9.17, 15) is 49.2 Å². The van der Waals surface area contributed by atoms with Gasteiger partial charge in [0.25, 0.3) is 0 Å². The molecule has 1 aliphatic rings. The second-order valence-corrected chi connectivity index (χ2v) is 21.0. The summed E-state index contributed by atoms with van der Waals surface area (Å²) in [4.78, 5) is 67.4. The van der Waals surface area contributed by atoms with Gasteiger partial charge in [-0.1, -0.05) is 73.1 Å². The number of ketones is 4. The Labute approximate surface area is 696 Å². The first kappa shape index (κ1) is 105. The topological polar surface area (TPSA) is 433 Å². The van der Waals surface area contributed by atoms with Gasteiger partial charge in [0.15, 0.2) is 96.3 Å². The summed E-state index contributed by atoms with van der Waals surface area (Å²) in [7, 11) is 16.1. The normalized spacial score (nSPS) is 10.7. The number of aliphatic hydroxyl groups is 1. The first-order valence-electron chi connectivity index (χ1n) is 31.3. The molecule has 0 saturated heterocycles. The summed E-state index contributed by atoms with van der Waals surface area (Å²) >= 11 is 9.93. The van der Waals surface area contributed by atoms with Crippen molar-refractivity contribution in [2.24, 2.45) is 0 Å². The SMILES string of the molecule is C.CC(=O)c1c(O)cccc1O.CO.COCCl.COCCl.COCOc1cc(/C=C/C(=O)c2c(O)cccc2OCOC)ccc1OC.COCOc1cc(C=O)ccc1OC.COCOc1cccc(O)c1C(C)=O.COc1ccc(C2CC(=O)c3c(O)cccc3O2)cc1O.COc1ccc(C=O)cc1O.[K+].[OH-]. The number of carbonyl (C=O) groups is 6. The number of alkyl halides is 2. The Balaban J connectivity index is -0.00000126. The van der Waals surface area contributed by atoms with E-state index in [2.05, 4.69) is 9.47 Å². The molecule has 0 amide bonds. The van der Waals surface area contributed by atoms with Crippen molar-refractivity contribution in [3.63, 3.8) is 0 Å². The van der Waals surface area contributed by atoms with E-state index < -0.39 is 11.9 Å². The molecule has 0 radical (unpaired) electrons. The molecule has 8 aromatic rings. The van der Waals surface area contributed by atoms with Gasteiger partial charge in [-0.05, 0) is 140 Å². The number of rotatable bonds is 26. The van der Waals surface area contributed by atoms with Gasteiger partial charge in [0.1, 0.15) is 99.1 Å². The minimum Gasteiger partial charge on any atom is -0.870 e. The molecule has 0 aromatic heterocycles. The standard InChI is InChI=1S/C20H22O7.C16H14O5.2C10H12O4.2C8H8O3.2C2H5ClO.CH4O.CH4.K.H2O/c1-23-12-26-18-6-4-5-15(21)20(18)16(22)9-7-14-8-10-17(25-3)19(11-14)27-13-24-2;1-20-13-6-5-9(7-11(13)18)15-8-12(19)16-10(17)3-2-4-14(16)21-15;1-12-7-14-10-5-8(6-11)3-4-9(10)13-2;1-7(11)10-8(12)4-3-5-9(10)14-6-13-2;1-11-8-3-2-6(5-9)4-7(8)10;1-5(9)8-6(10)3-2-4-7(8)11;2*1-4-2-3;1-2;;;/h4-11,21H,12-13H2,1-3H3;2-7,15,17-18H,8H2,1H3;3-6H,7H2,1-2H3;3-5,12H,6H2,1-2H3;2-5,10H,1H3;2-4,10-11H,1H3;2*2H2,1H3;2H,1H3;1H4;;1H2/q;;;;;;;;;;+1;/p-1/b9-7+;;;;;;;;;;;. The van der Waals surface area contributed by atoms with Crippen LogP contribution in [0.1, 0.15) is 107 Å². The predicted molar refractivity (Wildman–Crippen MR) is 408 cm³/mol. The van der Waals surface area contributed by atoms with E-state index >= 15 is 0 Å². The molecular weight excluding hydrogens is 1530 g/mol. The Bertz CT molecular complexity index is 4050. The molecule has 8 aromatic carbocycles. The van der Waals surface area contributed by atoms with E-state index in [1.54, 1.807) is 117 Å². The summed E-state index contributed by atoms with van der Waals surface area (Å²) in [6, 6.07) is 38.2. The zero-order valence-corrected chi connectivity index (χ0v) is 67.7. The molecule has 0 aliphatic carbocycles. The van der Waals surface area contributed by atoms with Crippen LogP contribution in [0.2, 0.25) is 0 Å². The Morgan fingerprint density at radius 1 is 0.432 bits per heavy atom. The number of aldehydes is 2. The molecule has 9 N–H and O–H groups in total. The van der Waals surface area contributed by atoms with E-state index in [-0.39, 0.29) is 183 Å². The number of hydrogen-bond acceptors (Lipinski definition) is 30. The number of fused-ring (bicyclic) bond motifs is 1. The van der Waals surface area contributed by atoms with Crippen molar-refractivity contribution in [2.45, 2.75) is 33.8 Å². The third-order valence-corrected chi connectivity index (χ3v) is 13.7. The fourth-order valence-electron chi connectivity index (χ4n) is 8.54. The third-order valence-electron chi connectivity index (χ3n) is 13.3. The van der Waals surface area contributed by atoms with Crippen LogP contribution in [0.5, 0.6) is 92.0 Å². The number of halogens is 2. The number of hydrogen-bond donors (Lipinski definition) is 8. The Hall–Kier alpha value is -9.78. The second-order valence-electron chi connectivity index (χ2n) is 20.6. The number of benzene rings is 8. The van der Waals surface area contributed by atoms with E-state index in [0.717, 1.165) is 13.4 Å². The van der Waals surface area contributed by atoms with Crippen LogP contribution in [0.4, 0.5) is 0 Å². The Morgan fingerprint density at radius 3 is 1.18 bits per heavy atom. The van der Waals surface area contributed by atoms with Crippen molar-refractivity contribution >= 4 is 65.0 Å². The molecule has 602 valence electrons. The first-order chi connectivity index (χ1) is 51.9. The van der Waals surface area contributed by atoms with Crippen molar-refractivity contribution in [3.8, 4) is 92.0 Å². The predicted octanol–water partition coefficient (Wildman–Crippen LogP) is 10.4. The summed E-state index contributed by atoms with van der Waals surface area (Å²) < 4.78 is 74.8. The van der Waals surface area contributed by atoms with Crippen molar-refractivity contribution in [3.05, 3.63) is 196 Å². The van der Waals surface area contributed by atoms with Crippen molar-refractivity contribution in [1.29, 1.82) is 0 Å². The molecule has 1 atom stereocenters. The molecule has 1 aliphatic heterocycles. The smallest absolute Gasteiger partial charge is 0.870 e. The van der Waals surface area contributed by atoms with Gasteiger partial charge in [0.05, 0.1) is 34.9 Å². The maximum Gasteiger partial charge on any atom is 1.00 e. The van der Waals surface area contributed by atoms with Crippen LogP contribution in [0.3, 0.4) is 0 Å². The Morgan fingerprint density at radius 2 is 0.784 bits per heavy atom. The average molecular weight is 1620 g/mol. The molecule has 0 spiro atoms. The number of aliphatic hydroxyl groups excluding tert-OH is 1. The maximum absolute atomic E-state index is 12.6. The van der Waals surface area contributed by atoms with Crippen LogP contribution in [-0.4, -0.2) is 200 Å². The minimum absolute atomic E-state index is 0. The number of methoxy groups -OCH3 is 10. The molecule has 1 heterocycles. The fraction of sp³-hybridized carbons (Fsp3) is 0.282. The first-order valence-corrected chi connectivity index (χ1v) is 32.4. The van der Waals surface area contributed by atoms with Crippen LogP contribution in [0.25, 0.3) is 6.08 Å². The molecule has 30 nitrogen and oxygen atoms in total. The van der Waals surface area contributed by atoms with E-state index in [1.807, 2.05) is 0 Å². The quantitative estimate of drug-likeness (QED) is 0.00623. The minimum atomic E-state index is -0.497. The summed E-state index contributed by atoms with van der Waals surface area (Å²) in [5, 5.41) is 73.3. The van der Waals surface area contributed by atoms with Gasteiger partial charge in [-0.25, -0.2) is 0 Å². The molecule has 0 bridgehead atoms. The molecule has 0 fully saturated rings. The molecule has 1 unspecified atom stereocenters. The van der Waals surface area contributed by atoms with Crippen molar-refractivity contribution < 1.29 is 198 Å². The summed E-state index contributed by atoms with van der Waals surface area (Å²) in [5.74, 6) is 1.87. The maximum atomic E-state index is 12.6. The summed E-state index contributed by atoms with van der Waals surface area (Å²) in [5.41, 5.74) is 2.81. The van der Waals surface area contributed by atoms with Gasteiger partial charge in [0.2, 0.25) is 0 Å². The van der Waals surface area contributed by atoms with Crippen LogP contribution < -0.4 is 94.0 Å². The second kappa shape index (κ2) is 61.0. The van der Waals surface area contributed by atoms with Gasteiger partial charge in [-0.3, -0.25) is 28.8 Å². The third kappa shape index (κ3) is 37.2. The van der Waals surface area contributed by atoms with Gasteiger partial charge in [-0.15, -0.1) is 0 Å². The van der Waals surface area contributed by atoms with E-state index in [0.29, 0.717) is 86.7 Å². The van der Waals surface area contributed by atoms with Gasteiger partial charge < -0.3 is 117 Å². The van der Waals surface area contributed by atoms with Crippen LogP contribution in [-0.2, 0) is 28.4 Å². The molecule has 0 saturated carbocycles. The van der Waals surface area contributed by atoms with Gasteiger partial charge in [-0.2, -0.15) is 0 Å². The van der Waals surface area contributed by atoms with Crippen molar-refractivity contribution in [1.82, 2.24) is 0 Å². The number of Topliss-reactive ketones (excluding diaryl/α,β-unsaturated/α-hetero) is 3. The zero-order valence-electron chi connectivity index (χ0n) is 63.0. The van der Waals surface area contributed by atoms with Crippen LogP contribution in [0, 0.1) is 0 Å². The Kier molecular flexibility index (Phi) is 57.9. The van der Waals surface area contributed by atoms with E-state index in [1.165, 1.54) is 125 Å². The monoisotopic (exact) mass is 1620 g/mol. The van der Waals surface area contributed by atoms with Gasteiger partial charge in [0, 0.05) is 60.9 Å². The van der Waals surface area contributed by atoms with Crippen LogP contribution in [0.15, 0.2) is 152 Å². The number of allylic oxidation sites excluding steroid dienone is 1. The number of aromatic hydroxyl groups is 7. The van der Waals surface area contributed by atoms with Crippen molar-refractivity contribution in [2.75, 3.05) is 118 Å². The summed E-state index contributed by atoms with van der Waals surface area (Å²) in [6.45, 7) is 2.86. The fourth-order valence-corrected chi connectivity index (χ4v) is 8.54. The molecular formula is C78H95Cl2KO30. The number of ether oxygens (including phenoxy) is 15. The molecule has 9 rings (SSSR count). The summed E-state index contributed by atoms with van der Waals surface area (Å²) in [6.07, 6.45) is 3.97. The van der Waals surface area contributed by atoms with E-state index in [4.69, 9.17) is 105 Å². The molecule has 33 heteroatoms. The van der Waals surface area contributed by atoms with Gasteiger partial charge >= 0.3 is 51.4 Å². The van der Waals surface area contributed by atoms with Crippen LogP contribution >= 0.6 is 23.2 Å².